The predicted octanol–water partition coefficient (Wildman–Crippen LogP) is 6.26. The number of rotatable bonds is 5. The van der Waals surface area contributed by atoms with Crippen LogP contribution in [0.3, 0.4) is 0 Å². The summed E-state index contributed by atoms with van der Waals surface area (Å²) in [7, 11) is 0. The maximum Gasteiger partial charge on any atom is 0.291 e. The number of anilines is 1. The zero-order valence-corrected chi connectivity index (χ0v) is 21.1. The lowest BCUT2D eigenvalue weighted by molar-refractivity contribution is -0.120. The van der Waals surface area contributed by atoms with E-state index < -0.39 is 0 Å². The van der Waals surface area contributed by atoms with E-state index in [2.05, 4.69) is 15.8 Å². The molecule has 0 unspecified atom stereocenters. The van der Waals surface area contributed by atoms with Crippen LogP contribution >= 0.6 is 11.6 Å². The topological polar surface area (TPSA) is 96.8 Å². The van der Waals surface area contributed by atoms with Crippen molar-refractivity contribution in [1.82, 2.24) is 5.43 Å². The molecule has 0 saturated carbocycles. The quantitative estimate of drug-likeness (QED) is 0.314. The van der Waals surface area contributed by atoms with Crippen LogP contribution in [-0.2, 0) is 17.6 Å². The average Bonchev–Trinajstić information content (AvgIpc) is 3.43. The maximum atomic E-state index is 12.9. The van der Waals surface area contributed by atoms with E-state index in [-0.39, 0.29) is 24.0 Å². The summed E-state index contributed by atoms with van der Waals surface area (Å²) in [5.41, 5.74) is 9.35. The molecule has 0 atom stereocenters. The fraction of sp³-hybridized carbons (Fsp3) is 0.250. The molecule has 2 aromatic heterocycles. The third-order valence-corrected chi connectivity index (χ3v) is 6.89. The van der Waals surface area contributed by atoms with E-state index in [1.807, 2.05) is 32.9 Å². The van der Waals surface area contributed by atoms with Crippen molar-refractivity contribution in [3.63, 3.8) is 0 Å². The van der Waals surface area contributed by atoms with Gasteiger partial charge >= 0.3 is 0 Å². The number of hydrogen-bond acceptors (Lipinski definition) is 5. The molecule has 2 aromatic carbocycles. The second-order valence-corrected chi connectivity index (χ2v) is 9.52. The molecule has 8 heteroatoms. The number of furan rings is 2. The molecule has 1 aliphatic carbocycles. The third kappa shape index (κ3) is 4.54. The Hall–Kier alpha value is -3.84. The number of fused-ring (bicyclic) bond motifs is 2. The third-order valence-electron chi connectivity index (χ3n) is 6.64. The van der Waals surface area contributed by atoms with E-state index in [4.69, 9.17) is 20.4 Å². The minimum atomic E-state index is -0.343. The number of hydrazone groups is 1. The number of carbonyl (C=O) groups excluding carboxylic acids is 2. The molecule has 2 heterocycles. The molecule has 0 aliphatic heterocycles. The Morgan fingerprint density at radius 3 is 2.58 bits per heavy atom. The molecule has 2 amide bonds. The normalized spacial score (nSPS) is 14.2. The van der Waals surface area contributed by atoms with Crippen molar-refractivity contribution in [3.05, 3.63) is 87.0 Å². The van der Waals surface area contributed by atoms with Gasteiger partial charge in [0.15, 0.2) is 5.76 Å². The Morgan fingerprint density at radius 1 is 1.03 bits per heavy atom. The Labute approximate surface area is 213 Å². The Bertz CT molecular complexity index is 1510. The van der Waals surface area contributed by atoms with Crippen LogP contribution in [0.15, 0.2) is 56.6 Å². The van der Waals surface area contributed by atoms with E-state index in [0.717, 1.165) is 39.6 Å². The van der Waals surface area contributed by atoms with Crippen LogP contribution in [0, 0.1) is 20.8 Å². The van der Waals surface area contributed by atoms with Crippen molar-refractivity contribution < 1.29 is 18.4 Å². The maximum absolute atomic E-state index is 12.9. The zero-order valence-electron chi connectivity index (χ0n) is 20.3. The van der Waals surface area contributed by atoms with Crippen molar-refractivity contribution in [3.8, 4) is 0 Å². The van der Waals surface area contributed by atoms with Crippen LogP contribution in [0.1, 0.15) is 57.0 Å². The van der Waals surface area contributed by atoms with Crippen molar-refractivity contribution in [2.45, 2.75) is 46.5 Å². The van der Waals surface area contributed by atoms with E-state index in [1.54, 1.807) is 30.5 Å². The number of amides is 2. The standard InChI is InChI=1S/C28H26ClN3O4/c1-15-7-12-21-18(14-35-26(21)16(15)2)13-24(33)32-31-22-5-4-6-23-25(22)17(3)27(36-23)28(34)30-20-10-8-19(29)9-11-20/h7-12,14H,4-6,13H2,1-3H3,(H,30,34)(H,32,33)/b31-22+. The smallest absolute Gasteiger partial charge is 0.291 e. The number of nitrogens with one attached hydrogen (secondary N) is 2. The summed E-state index contributed by atoms with van der Waals surface area (Å²) in [6, 6.07) is 10.9. The molecule has 2 N–H and O–H groups in total. The molecule has 0 radical (unpaired) electrons. The first-order valence-electron chi connectivity index (χ1n) is 11.8. The van der Waals surface area contributed by atoms with Crippen molar-refractivity contribution in [2.75, 3.05) is 5.32 Å². The summed E-state index contributed by atoms with van der Waals surface area (Å²) >= 11 is 5.93. The second kappa shape index (κ2) is 9.66. The minimum absolute atomic E-state index is 0.151. The Kier molecular flexibility index (Phi) is 6.41. The summed E-state index contributed by atoms with van der Waals surface area (Å²) in [4.78, 5) is 25.6. The number of hydrogen-bond donors (Lipinski definition) is 2. The highest BCUT2D eigenvalue weighted by molar-refractivity contribution is 6.30. The van der Waals surface area contributed by atoms with Crippen LogP contribution in [0.5, 0.6) is 0 Å². The molecular formula is C28H26ClN3O4. The van der Waals surface area contributed by atoms with E-state index in [0.29, 0.717) is 40.6 Å². The summed E-state index contributed by atoms with van der Waals surface area (Å²) in [5, 5.41) is 8.78. The summed E-state index contributed by atoms with van der Waals surface area (Å²) in [6.07, 6.45) is 3.99. The average molecular weight is 504 g/mol. The van der Waals surface area contributed by atoms with Gasteiger partial charge in [-0.1, -0.05) is 23.7 Å². The first kappa shape index (κ1) is 23.9. The molecule has 0 bridgehead atoms. The van der Waals surface area contributed by atoms with E-state index in [1.165, 1.54) is 0 Å². The molecule has 184 valence electrons. The van der Waals surface area contributed by atoms with Gasteiger partial charge in [0, 0.05) is 39.2 Å². The van der Waals surface area contributed by atoms with Gasteiger partial charge in [0.1, 0.15) is 11.3 Å². The van der Waals surface area contributed by atoms with E-state index >= 15 is 0 Å². The lowest BCUT2D eigenvalue weighted by Crippen LogP contribution is -2.23. The number of nitrogens with zero attached hydrogens (tertiary/aromatic N) is 1. The molecule has 5 rings (SSSR count). The van der Waals surface area contributed by atoms with Crippen LogP contribution in [0.2, 0.25) is 5.02 Å². The van der Waals surface area contributed by atoms with Gasteiger partial charge in [0.25, 0.3) is 5.91 Å². The highest BCUT2D eigenvalue weighted by Crippen LogP contribution is 2.31. The lowest BCUT2D eigenvalue weighted by atomic mass is 9.93. The van der Waals surface area contributed by atoms with Gasteiger partial charge in [-0.25, -0.2) is 5.43 Å². The van der Waals surface area contributed by atoms with Gasteiger partial charge in [-0.2, -0.15) is 5.10 Å². The first-order chi connectivity index (χ1) is 17.3. The molecule has 4 aromatic rings. The molecule has 0 spiro atoms. The number of halogens is 1. The number of aryl methyl sites for hydroxylation is 3. The van der Waals surface area contributed by atoms with Gasteiger partial charge in [0.2, 0.25) is 5.91 Å². The monoisotopic (exact) mass is 503 g/mol. The largest absolute Gasteiger partial charge is 0.464 e. The molecule has 7 nitrogen and oxygen atoms in total. The van der Waals surface area contributed by atoms with Gasteiger partial charge in [-0.15, -0.1) is 0 Å². The fourth-order valence-corrected chi connectivity index (χ4v) is 4.71. The second-order valence-electron chi connectivity index (χ2n) is 9.08. The number of benzene rings is 2. The summed E-state index contributed by atoms with van der Waals surface area (Å²) in [6.45, 7) is 5.88. The predicted molar refractivity (Wildman–Crippen MR) is 140 cm³/mol. The summed E-state index contributed by atoms with van der Waals surface area (Å²) < 4.78 is 11.7. The van der Waals surface area contributed by atoms with Gasteiger partial charge in [-0.3, -0.25) is 9.59 Å². The highest BCUT2D eigenvalue weighted by atomic mass is 35.5. The van der Waals surface area contributed by atoms with Gasteiger partial charge in [-0.05, 0) is 69.0 Å². The molecule has 0 fully saturated rings. The zero-order chi connectivity index (χ0) is 25.4. The van der Waals surface area contributed by atoms with Crippen molar-refractivity contribution in [2.24, 2.45) is 5.10 Å². The van der Waals surface area contributed by atoms with Crippen LogP contribution in [-0.4, -0.2) is 17.5 Å². The van der Waals surface area contributed by atoms with Crippen LogP contribution < -0.4 is 10.7 Å². The van der Waals surface area contributed by atoms with E-state index in [9.17, 15) is 9.59 Å². The van der Waals surface area contributed by atoms with Crippen LogP contribution in [0.4, 0.5) is 5.69 Å². The molecule has 1 aliphatic rings. The molecular weight excluding hydrogens is 478 g/mol. The number of carbonyl (C=O) groups is 2. The highest BCUT2D eigenvalue weighted by Gasteiger charge is 2.28. The summed E-state index contributed by atoms with van der Waals surface area (Å²) in [5.74, 6) is 0.369. The minimum Gasteiger partial charge on any atom is -0.464 e. The molecule has 0 saturated heterocycles. The van der Waals surface area contributed by atoms with Crippen molar-refractivity contribution >= 4 is 45.8 Å². The Balaban J connectivity index is 1.33. The Morgan fingerprint density at radius 2 is 1.81 bits per heavy atom. The van der Waals surface area contributed by atoms with Gasteiger partial charge in [0.05, 0.1) is 18.4 Å². The van der Waals surface area contributed by atoms with Crippen LogP contribution in [0.25, 0.3) is 11.0 Å². The van der Waals surface area contributed by atoms with Crippen molar-refractivity contribution in [1.29, 1.82) is 0 Å². The molecule has 36 heavy (non-hydrogen) atoms. The first-order valence-corrected chi connectivity index (χ1v) is 12.2. The fourth-order valence-electron chi connectivity index (χ4n) is 4.59. The lowest BCUT2D eigenvalue weighted by Gasteiger charge is -2.13. The van der Waals surface area contributed by atoms with Gasteiger partial charge < -0.3 is 14.2 Å². The SMILES string of the molecule is Cc1ccc2c(CC(=O)N/N=C3\CCCc4oc(C(=O)Nc5ccc(Cl)cc5)c(C)c43)coc2c1C.